The minimum atomic E-state index is -3.96. The maximum atomic E-state index is 13.7. The first-order chi connectivity index (χ1) is 26.2. The molecule has 1 spiro atoms. The van der Waals surface area contributed by atoms with Gasteiger partial charge in [-0.15, -0.1) is 0 Å². The highest BCUT2D eigenvalue weighted by molar-refractivity contribution is 7.90. The lowest BCUT2D eigenvalue weighted by molar-refractivity contribution is -0.0929. The monoisotopic (exact) mass is 794 g/mol. The smallest absolute Gasteiger partial charge is 0.264 e. The molecule has 3 heterocycles. The number of likely N-dealkylation sites (tertiary alicyclic amines) is 1. The van der Waals surface area contributed by atoms with Gasteiger partial charge in [0.25, 0.3) is 5.91 Å². The standard InChI is InChI=1S/C44H63ClN4O5S/c1-8-49(29(2)3)37-21-31(5)47(25-37)27-44(53-7)20-9-11-30(4)32(6)55(51,52)46-42(50)34-14-18-41-40(23-34)48(24-35-13-16-39(35)44)26-43(28-54-41)19-10-12-33-22-36(45)15-17-38(33)43/h9,14-15,17-18,20,22-23,29-32,35,37,39H,8,10-13,16,19,21,24-28H2,1-7H3,(H,46,50)/b20-9+/t30-,31-,32+,35-,37+,39+,43-,44-/m0/s1. The van der Waals surface area contributed by atoms with Gasteiger partial charge >= 0.3 is 0 Å². The number of methoxy groups -OCH3 is 1. The van der Waals surface area contributed by atoms with Gasteiger partial charge in [0.1, 0.15) is 11.4 Å². The number of nitrogens with zero attached hydrogens (tertiary/aromatic N) is 3. The second kappa shape index (κ2) is 16.0. The van der Waals surface area contributed by atoms with Crippen molar-refractivity contribution in [2.45, 2.75) is 121 Å². The summed E-state index contributed by atoms with van der Waals surface area (Å²) in [5.41, 5.74) is 2.89. The van der Waals surface area contributed by atoms with Gasteiger partial charge in [-0.05, 0) is 138 Å². The summed E-state index contributed by atoms with van der Waals surface area (Å²) in [4.78, 5) is 21.4. The number of carbonyl (C=O) groups is 1. The molecular weight excluding hydrogens is 732 g/mol. The second-order valence-electron chi connectivity index (χ2n) is 17.8. The molecule has 1 amide bonds. The van der Waals surface area contributed by atoms with Gasteiger partial charge in [0.15, 0.2) is 0 Å². The molecule has 11 heteroatoms. The zero-order chi connectivity index (χ0) is 39.3. The molecule has 3 aliphatic heterocycles. The number of ether oxygens (including phenoxy) is 2. The van der Waals surface area contributed by atoms with Crippen molar-refractivity contribution in [3.63, 3.8) is 0 Å². The van der Waals surface area contributed by atoms with Gasteiger partial charge in [-0.2, -0.15) is 0 Å². The van der Waals surface area contributed by atoms with Crippen molar-refractivity contribution in [2.24, 2.45) is 17.8 Å². The Kier molecular flexibility index (Phi) is 11.8. The molecule has 8 atom stereocenters. The number of nitrogens with one attached hydrogen (secondary N) is 1. The van der Waals surface area contributed by atoms with Crippen LogP contribution in [0.5, 0.6) is 5.75 Å². The quantitative estimate of drug-likeness (QED) is 0.302. The number of halogens is 1. The minimum Gasteiger partial charge on any atom is -0.490 e. The highest BCUT2D eigenvalue weighted by Gasteiger charge is 2.51. The molecule has 5 aliphatic rings. The zero-order valence-electron chi connectivity index (χ0n) is 34.0. The highest BCUT2D eigenvalue weighted by Crippen LogP contribution is 2.49. The number of fused-ring (bicyclic) bond motifs is 4. The van der Waals surface area contributed by atoms with Crippen LogP contribution in [0.15, 0.2) is 48.6 Å². The molecule has 0 unspecified atom stereocenters. The number of allylic oxidation sites excluding steroid dienone is 1. The summed E-state index contributed by atoms with van der Waals surface area (Å²) in [6, 6.07) is 13.1. The van der Waals surface area contributed by atoms with Crippen molar-refractivity contribution in [3.05, 3.63) is 70.3 Å². The van der Waals surface area contributed by atoms with Crippen molar-refractivity contribution >= 4 is 33.2 Å². The lowest BCUT2D eigenvalue weighted by atomic mass is 9.63. The van der Waals surface area contributed by atoms with Crippen LogP contribution in [0, 0.1) is 17.8 Å². The third-order valence-corrected chi connectivity index (χ3v) is 16.4. The summed E-state index contributed by atoms with van der Waals surface area (Å²) in [6.45, 7) is 17.7. The maximum Gasteiger partial charge on any atom is 0.264 e. The van der Waals surface area contributed by atoms with Crippen LogP contribution in [0.2, 0.25) is 5.02 Å². The lowest BCUT2D eigenvalue weighted by Gasteiger charge is -2.52. The Labute approximate surface area is 335 Å². The Balaban J connectivity index is 1.29. The minimum absolute atomic E-state index is 0.221. The molecule has 0 radical (unpaired) electrons. The third kappa shape index (κ3) is 7.84. The van der Waals surface area contributed by atoms with E-state index in [2.05, 4.69) is 71.4 Å². The Morgan fingerprint density at radius 3 is 2.62 bits per heavy atom. The number of carbonyl (C=O) groups excluding carboxylic acids is 1. The predicted octanol–water partition coefficient (Wildman–Crippen LogP) is 7.46. The number of likely N-dealkylation sites (N-methyl/N-ethyl adjacent to an activating group) is 1. The maximum absolute atomic E-state index is 13.7. The summed E-state index contributed by atoms with van der Waals surface area (Å²) in [6.07, 6.45) is 11.3. The molecule has 7 rings (SSSR count). The van der Waals surface area contributed by atoms with E-state index in [4.69, 9.17) is 21.1 Å². The van der Waals surface area contributed by atoms with Gasteiger partial charge in [0.2, 0.25) is 10.0 Å². The SMILES string of the molecule is CCN(C(C)C)[C@@H]1C[C@H](C)N(C[C@@]2(OC)/C=C/C[C@H](C)[C@@H](C)S(=O)(=O)NC(=O)c3ccc4c(c3)N(C[C@@H]3CC[C@H]32)C[C@@]2(CCCc3cc(Cl)ccc32)CO4)C1. The third-order valence-electron chi connectivity index (χ3n) is 14.2. The molecule has 1 N–H and O–H groups in total. The van der Waals surface area contributed by atoms with Crippen molar-refractivity contribution in [3.8, 4) is 5.75 Å². The lowest BCUT2D eigenvalue weighted by Crippen LogP contribution is -2.57. The Bertz CT molecular complexity index is 1870. The van der Waals surface area contributed by atoms with E-state index in [0.717, 1.165) is 87.7 Å². The van der Waals surface area contributed by atoms with E-state index >= 15 is 0 Å². The summed E-state index contributed by atoms with van der Waals surface area (Å²) >= 11 is 6.52. The van der Waals surface area contributed by atoms with Crippen LogP contribution in [0.25, 0.3) is 0 Å². The number of anilines is 1. The summed E-state index contributed by atoms with van der Waals surface area (Å²) in [5.74, 6) is 0.472. The number of amides is 1. The van der Waals surface area contributed by atoms with Crippen molar-refractivity contribution in [2.75, 3.05) is 51.3 Å². The van der Waals surface area contributed by atoms with Gasteiger partial charge in [0, 0.05) is 67.4 Å². The molecule has 2 aromatic carbocycles. The van der Waals surface area contributed by atoms with Crippen LogP contribution in [0.3, 0.4) is 0 Å². The first-order valence-electron chi connectivity index (χ1n) is 20.8. The molecule has 55 heavy (non-hydrogen) atoms. The number of benzene rings is 2. The van der Waals surface area contributed by atoms with E-state index in [9.17, 15) is 13.2 Å². The fraction of sp³-hybridized carbons (Fsp3) is 0.659. The topological polar surface area (TPSA) is 91.4 Å². The summed E-state index contributed by atoms with van der Waals surface area (Å²) < 4.78 is 43.3. The molecule has 0 aromatic heterocycles. The first-order valence-corrected chi connectivity index (χ1v) is 22.7. The fourth-order valence-corrected chi connectivity index (χ4v) is 12.2. The fourth-order valence-electron chi connectivity index (χ4n) is 10.7. The van der Waals surface area contributed by atoms with E-state index in [-0.39, 0.29) is 17.3 Å². The van der Waals surface area contributed by atoms with Crippen LogP contribution in [-0.4, -0.2) is 99.5 Å². The van der Waals surface area contributed by atoms with Gasteiger partial charge in [-0.3, -0.25) is 14.6 Å². The van der Waals surface area contributed by atoms with Gasteiger partial charge in [-0.25, -0.2) is 13.1 Å². The van der Waals surface area contributed by atoms with Crippen LogP contribution in [0.4, 0.5) is 5.69 Å². The number of hydrogen-bond acceptors (Lipinski definition) is 8. The van der Waals surface area contributed by atoms with Gasteiger partial charge < -0.3 is 14.4 Å². The number of aryl methyl sites for hydroxylation is 1. The van der Waals surface area contributed by atoms with Crippen molar-refractivity contribution < 1.29 is 22.7 Å². The van der Waals surface area contributed by atoms with Crippen molar-refractivity contribution in [1.29, 1.82) is 0 Å². The van der Waals surface area contributed by atoms with Crippen LogP contribution in [-0.2, 0) is 26.6 Å². The van der Waals surface area contributed by atoms with E-state index < -0.39 is 26.8 Å². The number of sulfonamides is 1. The van der Waals surface area contributed by atoms with E-state index in [0.29, 0.717) is 42.6 Å². The number of hydrogen-bond donors (Lipinski definition) is 1. The first kappa shape index (κ1) is 40.6. The molecule has 1 saturated heterocycles. The van der Waals surface area contributed by atoms with Crippen LogP contribution < -0.4 is 14.4 Å². The molecule has 2 aliphatic carbocycles. The van der Waals surface area contributed by atoms with Crippen LogP contribution in [0.1, 0.15) is 102 Å². The molecular formula is C44H63ClN4O5S. The average molecular weight is 796 g/mol. The molecule has 9 nitrogen and oxygen atoms in total. The number of rotatable bonds is 6. The van der Waals surface area contributed by atoms with Crippen molar-refractivity contribution in [1.82, 2.24) is 14.5 Å². The zero-order valence-corrected chi connectivity index (χ0v) is 35.6. The van der Waals surface area contributed by atoms with Crippen LogP contribution >= 0.6 is 11.6 Å². The predicted molar refractivity (Wildman–Crippen MR) is 222 cm³/mol. The van der Waals surface area contributed by atoms with E-state index in [1.807, 2.05) is 32.2 Å². The molecule has 302 valence electrons. The Hall–Kier alpha value is -2.63. The average Bonchev–Trinajstić information content (AvgIpc) is 3.40. The summed E-state index contributed by atoms with van der Waals surface area (Å²) in [7, 11) is -2.09. The second-order valence-corrected chi connectivity index (χ2v) is 20.3. The van der Waals surface area contributed by atoms with E-state index in [1.165, 1.54) is 11.1 Å². The molecule has 1 saturated carbocycles. The van der Waals surface area contributed by atoms with Gasteiger partial charge in [0.05, 0.1) is 17.5 Å². The highest BCUT2D eigenvalue weighted by atomic mass is 35.5. The molecule has 2 fully saturated rings. The Morgan fingerprint density at radius 1 is 1.11 bits per heavy atom. The largest absolute Gasteiger partial charge is 0.490 e. The van der Waals surface area contributed by atoms with E-state index in [1.54, 1.807) is 13.0 Å². The van der Waals surface area contributed by atoms with Gasteiger partial charge in [-0.1, -0.05) is 43.7 Å². The molecule has 2 bridgehead atoms. The summed E-state index contributed by atoms with van der Waals surface area (Å²) in [5, 5.41) is -0.0299. The Morgan fingerprint density at radius 2 is 1.91 bits per heavy atom. The molecule has 2 aromatic rings. The normalized spacial score (nSPS) is 34.4.